The van der Waals surface area contributed by atoms with E-state index < -0.39 is 0 Å². The Labute approximate surface area is 170 Å². The van der Waals surface area contributed by atoms with Gasteiger partial charge in [0.1, 0.15) is 0 Å². The molecule has 0 bridgehead atoms. The van der Waals surface area contributed by atoms with Gasteiger partial charge in [-0.1, -0.05) is 83.7 Å². The van der Waals surface area contributed by atoms with Crippen molar-refractivity contribution in [2.45, 2.75) is 68.7 Å². The Balaban J connectivity index is -0.00000134. The van der Waals surface area contributed by atoms with Crippen molar-refractivity contribution in [1.29, 1.82) is 0 Å². The molecule has 0 aliphatic rings. The van der Waals surface area contributed by atoms with Gasteiger partial charge in [-0.2, -0.15) is 0 Å². The van der Waals surface area contributed by atoms with Crippen LogP contribution in [0.4, 0.5) is 0 Å². The van der Waals surface area contributed by atoms with Gasteiger partial charge in [0.25, 0.3) is 0 Å². The number of allylic oxidation sites excluding steroid dienone is 12. The van der Waals surface area contributed by atoms with Crippen LogP contribution in [-0.4, -0.2) is 4.90 Å². The first-order valence-corrected chi connectivity index (χ1v) is 10.2. The molecular formula is C26H43N. The normalized spacial score (nSPS) is 13.0. The monoisotopic (exact) mass is 369 g/mol. The molecule has 0 aliphatic carbocycles. The van der Waals surface area contributed by atoms with Crippen LogP contribution in [0.25, 0.3) is 0 Å². The highest BCUT2D eigenvalue weighted by Gasteiger charge is 2.13. The summed E-state index contributed by atoms with van der Waals surface area (Å²) in [6.45, 7) is 22.1. The first kappa shape index (κ1) is 29.5. The van der Waals surface area contributed by atoms with E-state index in [0.717, 1.165) is 23.5 Å². The van der Waals surface area contributed by atoms with Crippen LogP contribution in [-0.2, 0) is 0 Å². The maximum absolute atomic E-state index is 3.85. The summed E-state index contributed by atoms with van der Waals surface area (Å²) in [6.07, 6.45) is 25.8. The third-order valence-corrected chi connectivity index (χ3v) is 3.02. The minimum absolute atomic E-state index is 1.01. The van der Waals surface area contributed by atoms with Gasteiger partial charge in [0.15, 0.2) is 0 Å². The second-order valence-corrected chi connectivity index (χ2v) is 4.80. The molecule has 0 aromatic carbocycles. The molecule has 0 amide bonds. The van der Waals surface area contributed by atoms with E-state index in [4.69, 9.17) is 0 Å². The highest BCUT2D eigenvalue weighted by molar-refractivity contribution is 5.40. The third kappa shape index (κ3) is 13.6. The van der Waals surface area contributed by atoms with E-state index >= 15 is 0 Å². The molecule has 0 aliphatic heterocycles. The van der Waals surface area contributed by atoms with Gasteiger partial charge in [-0.3, -0.25) is 0 Å². The average Bonchev–Trinajstić information content (AvgIpc) is 2.72. The lowest BCUT2D eigenvalue weighted by Gasteiger charge is -2.28. The van der Waals surface area contributed by atoms with Crippen molar-refractivity contribution in [1.82, 2.24) is 4.90 Å². The summed E-state index contributed by atoms with van der Waals surface area (Å²) in [5, 5.41) is 0. The summed E-state index contributed by atoms with van der Waals surface area (Å²) in [7, 11) is 0. The minimum atomic E-state index is 1.01. The van der Waals surface area contributed by atoms with Crippen LogP contribution >= 0.6 is 0 Å². The van der Waals surface area contributed by atoms with E-state index in [2.05, 4.69) is 73.9 Å². The van der Waals surface area contributed by atoms with Gasteiger partial charge in [0, 0.05) is 17.1 Å². The van der Waals surface area contributed by atoms with Crippen LogP contribution in [0.1, 0.15) is 68.7 Å². The van der Waals surface area contributed by atoms with Crippen LogP contribution in [0.5, 0.6) is 0 Å². The van der Waals surface area contributed by atoms with E-state index in [0.29, 0.717) is 0 Å². The molecule has 0 saturated heterocycles. The molecule has 1 nitrogen and oxygen atoms in total. The Morgan fingerprint density at radius 3 is 1.63 bits per heavy atom. The predicted molar refractivity (Wildman–Crippen MR) is 129 cm³/mol. The molecule has 0 unspecified atom stereocenters. The summed E-state index contributed by atoms with van der Waals surface area (Å²) >= 11 is 0. The molecule has 0 radical (unpaired) electrons. The van der Waals surface area contributed by atoms with Crippen molar-refractivity contribution in [3.05, 3.63) is 96.6 Å². The second-order valence-electron chi connectivity index (χ2n) is 4.80. The van der Waals surface area contributed by atoms with Gasteiger partial charge in [-0.15, -0.1) is 0 Å². The molecule has 0 saturated carbocycles. The van der Waals surface area contributed by atoms with E-state index in [1.165, 1.54) is 0 Å². The lowest BCUT2D eigenvalue weighted by molar-refractivity contribution is 0.576. The first-order valence-electron chi connectivity index (χ1n) is 10.2. The molecule has 27 heavy (non-hydrogen) atoms. The zero-order valence-corrected chi connectivity index (χ0v) is 19.3. The van der Waals surface area contributed by atoms with Crippen molar-refractivity contribution >= 4 is 0 Å². The summed E-state index contributed by atoms with van der Waals surface area (Å²) in [4.78, 5) is 2.23. The fourth-order valence-electron chi connectivity index (χ4n) is 2.05. The molecule has 0 spiro atoms. The third-order valence-electron chi connectivity index (χ3n) is 3.02. The molecule has 0 fully saturated rings. The largest absolute Gasteiger partial charge is 0.311 e. The summed E-state index contributed by atoms with van der Waals surface area (Å²) < 4.78 is 0. The van der Waals surface area contributed by atoms with Gasteiger partial charge in [-0.05, 0) is 64.5 Å². The van der Waals surface area contributed by atoms with Crippen LogP contribution in [0.15, 0.2) is 96.6 Å². The summed E-state index contributed by atoms with van der Waals surface area (Å²) in [5.74, 6) is 0. The lowest BCUT2D eigenvalue weighted by atomic mass is 10.1. The Hall–Kier alpha value is -2.28. The molecule has 0 heterocycles. The smallest absolute Gasteiger partial charge is 0.0458 e. The molecule has 0 rings (SSSR count). The molecule has 0 aromatic heterocycles. The van der Waals surface area contributed by atoms with Gasteiger partial charge in [0.05, 0.1) is 0 Å². The van der Waals surface area contributed by atoms with Gasteiger partial charge in [-0.25, -0.2) is 0 Å². The van der Waals surface area contributed by atoms with Crippen LogP contribution in [0.2, 0.25) is 0 Å². The standard InChI is InChI=1S/C22H31N.2C2H6/c1-7-13-18-20(12-6)23(21(15-9-3)16-10-4)22(17-11-5)19-14-8-2;2*1-2/h8-19H,3,7H2,1-2,4-6H3;2*1-2H3/b14-8-,16-10-,17-11-,18-13-,20-12+,21-15+,22-19+;;. The Morgan fingerprint density at radius 1 is 0.741 bits per heavy atom. The zero-order chi connectivity index (χ0) is 21.5. The number of hydrogen-bond donors (Lipinski definition) is 0. The number of nitrogens with zero attached hydrogens (tertiary/aromatic N) is 1. The van der Waals surface area contributed by atoms with Crippen LogP contribution in [0.3, 0.4) is 0 Å². The van der Waals surface area contributed by atoms with E-state index in [1.54, 1.807) is 0 Å². The Kier molecular flexibility index (Phi) is 25.9. The molecule has 0 atom stereocenters. The lowest BCUT2D eigenvalue weighted by Crippen LogP contribution is -2.19. The fourth-order valence-corrected chi connectivity index (χ4v) is 2.05. The number of rotatable bonds is 9. The van der Waals surface area contributed by atoms with Gasteiger partial charge in [0.2, 0.25) is 0 Å². The predicted octanol–water partition coefficient (Wildman–Crippen LogP) is 8.89. The SMILES string of the molecule is C=C/C=C(\C=C/C)N(C(/C=C\CC)=C/C)C(/C=C\C)=C/C=C\C.CC.CC. The molecule has 0 aromatic rings. The van der Waals surface area contributed by atoms with Gasteiger partial charge >= 0.3 is 0 Å². The molecule has 0 N–H and O–H groups in total. The van der Waals surface area contributed by atoms with E-state index in [1.807, 2.05) is 72.8 Å². The van der Waals surface area contributed by atoms with Crippen molar-refractivity contribution in [2.24, 2.45) is 0 Å². The maximum atomic E-state index is 3.85. The molecule has 1 heteroatoms. The summed E-state index contributed by atoms with van der Waals surface area (Å²) in [6, 6.07) is 0. The first-order chi connectivity index (χ1) is 13.2. The topological polar surface area (TPSA) is 3.24 Å². The second kappa shape index (κ2) is 23.7. The van der Waals surface area contributed by atoms with Crippen molar-refractivity contribution < 1.29 is 0 Å². The maximum Gasteiger partial charge on any atom is 0.0458 e. The average molecular weight is 370 g/mol. The Bertz CT molecular complexity index is 549. The highest BCUT2D eigenvalue weighted by Crippen LogP contribution is 2.24. The number of hydrogen-bond acceptors (Lipinski definition) is 1. The minimum Gasteiger partial charge on any atom is -0.311 e. The van der Waals surface area contributed by atoms with Crippen molar-refractivity contribution in [3.63, 3.8) is 0 Å². The quantitative estimate of drug-likeness (QED) is 0.367. The highest BCUT2D eigenvalue weighted by atomic mass is 15.2. The Morgan fingerprint density at radius 2 is 1.26 bits per heavy atom. The van der Waals surface area contributed by atoms with Crippen LogP contribution in [0, 0.1) is 0 Å². The fraction of sp³-hybridized carbons (Fsp3) is 0.385. The molecule has 152 valence electrons. The van der Waals surface area contributed by atoms with E-state index in [9.17, 15) is 0 Å². The van der Waals surface area contributed by atoms with Crippen molar-refractivity contribution in [3.8, 4) is 0 Å². The summed E-state index contributed by atoms with van der Waals surface area (Å²) in [5.41, 5.74) is 3.31. The van der Waals surface area contributed by atoms with Gasteiger partial charge < -0.3 is 4.90 Å². The molecular weight excluding hydrogens is 326 g/mol. The van der Waals surface area contributed by atoms with Crippen LogP contribution < -0.4 is 0 Å². The van der Waals surface area contributed by atoms with E-state index in [-0.39, 0.29) is 0 Å². The zero-order valence-electron chi connectivity index (χ0n) is 19.3. The van der Waals surface area contributed by atoms with Crippen molar-refractivity contribution in [2.75, 3.05) is 0 Å².